The van der Waals surface area contributed by atoms with E-state index in [1.807, 2.05) is 26.0 Å². The minimum absolute atomic E-state index is 0.340. The average molecular weight is 196 g/mol. The van der Waals surface area contributed by atoms with Gasteiger partial charge < -0.3 is 5.11 Å². The summed E-state index contributed by atoms with van der Waals surface area (Å²) in [6.07, 6.45) is 2.28. The Morgan fingerprint density at radius 2 is 1.29 bits per heavy atom. The predicted octanol–water partition coefficient (Wildman–Crippen LogP) is 4.40. The van der Waals surface area contributed by atoms with Gasteiger partial charge in [0.05, 0.1) is 0 Å². The zero-order valence-electron chi connectivity index (χ0n) is 10.2. The van der Waals surface area contributed by atoms with Crippen molar-refractivity contribution in [2.24, 2.45) is 0 Å². The molecule has 1 heteroatoms. The van der Waals surface area contributed by atoms with Gasteiger partial charge >= 0.3 is 0 Å². The molecule has 14 heavy (non-hydrogen) atoms. The molecule has 1 aromatic carbocycles. The molecule has 0 fully saturated rings. The lowest BCUT2D eigenvalue weighted by Gasteiger charge is -1.93. The van der Waals surface area contributed by atoms with Crippen LogP contribution in [0, 0.1) is 0 Å². The maximum Gasteiger partial charge on any atom is 0.115 e. The van der Waals surface area contributed by atoms with E-state index >= 15 is 0 Å². The number of aromatic hydroxyl groups is 1. The zero-order valence-corrected chi connectivity index (χ0v) is 10.2. The molecule has 0 heterocycles. The molecule has 0 aliphatic carbocycles. The number of aryl methyl sites for hydroxylation is 1. The summed E-state index contributed by atoms with van der Waals surface area (Å²) < 4.78 is 0. The second-order valence-corrected chi connectivity index (χ2v) is 2.73. The Balaban J connectivity index is 0. The van der Waals surface area contributed by atoms with E-state index in [9.17, 15) is 0 Å². The van der Waals surface area contributed by atoms with Gasteiger partial charge in [-0.3, -0.25) is 0 Å². The van der Waals surface area contributed by atoms with Gasteiger partial charge in [0.2, 0.25) is 0 Å². The van der Waals surface area contributed by atoms with E-state index in [-0.39, 0.29) is 0 Å². The van der Waals surface area contributed by atoms with Crippen molar-refractivity contribution < 1.29 is 5.11 Å². The summed E-state index contributed by atoms with van der Waals surface area (Å²) in [6.45, 7) is 10.3. The smallest absolute Gasteiger partial charge is 0.115 e. The number of rotatable bonds is 1. The second-order valence-electron chi connectivity index (χ2n) is 2.73. The van der Waals surface area contributed by atoms with Crippen LogP contribution in [0.5, 0.6) is 5.75 Å². The van der Waals surface area contributed by atoms with Crippen LogP contribution in [0.4, 0.5) is 0 Å². The highest BCUT2D eigenvalue weighted by Crippen LogP contribution is 2.09. The molecule has 0 bridgehead atoms. The minimum Gasteiger partial charge on any atom is -0.508 e. The van der Waals surface area contributed by atoms with E-state index < -0.39 is 0 Å². The molecule has 0 aliphatic heterocycles. The highest BCUT2D eigenvalue weighted by molar-refractivity contribution is 5.25. The van der Waals surface area contributed by atoms with E-state index in [0.717, 1.165) is 6.42 Å². The molecule has 0 aliphatic rings. The Hall–Kier alpha value is -0.980. The minimum atomic E-state index is 0.340. The number of hydrogen-bond donors (Lipinski definition) is 1. The topological polar surface area (TPSA) is 20.2 Å². The van der Waals surface area contributed by atoms with Gasteiger partial charge in [-0.25, -0.2) is 0 Å². The molecule has 0 saturated carbocycles. The van der Waals surface area contributed by atoms with E-state index in [0.29, 0.717) is 5.75 Å². The van der Waals surface area contributed by atoms with Gasteiger partial charge in [-0.05, 0) is 24.1 Å². The first-order valence-corrected chi connectivity index (χ1v) is 5.52. The summed E-state index contributed by atoms with van der Waals surface area (Å²) in [6, 6.07) is 7.27. The van der Waals surface area contributed by atoms with Gasteiger partial charge in [0.25, 0.3) is 0 Å². The lowest BCUT2D eigenvalue weighted by atomic mass is 10.2. The van der Waals surface area contributed by atoms with Crippen molar-refractivity contribution in [1.29, 1.82) is 0 Å². The lowest BCUT2D eigenvalue weighted by molar-refractivity contribution is 0.475. The third-order valence-electron chi connectivity index (χ3n) is 1.34. The number of phenols is 1. The van der Waals surface area contributed by atoms with Crippen LogP contribution in [0.1, 0.15) is 46.6 Å². The van der Waals surface area contributed by atoms with Crippen LogP contribution in [-0.2, 0) is 6.42 Å². The Bertz CT molecular complexity index is 189. The van der Waals surface area contributed by atoms with Crippen LogP contribution in [0.15, 0.2) is 24.3 Å². The van der Waals surface area contributed by atoms with Gasteiger partial charge in [0.15, 0.2) is 0 Å². The van der Waals surface area contributed by atoms with Crippen molar-refractivity contribution in [3.8, 4) is 5.75 Å². The number of hydrogen-bond acceptors (Lipinski definition) is 1. The molecule has 0 amide bonds. The van der Waals surface area contributed by atoms with E-state index in [4.69, 9.17) is 5.11 Å². The van der Waals surface area contributed by atoms with Gasteiger partial charge in [0.1, 0.15) is 5.75 Å². The Morgan fingerprint density at radius 3 is 1.57 bits per heavy atom. The molecule has 0 aromatic heterocycles. The van der Waals surface area contributed by atoms with Crippen molar-refractivity contribution in [3.63, 3.8) is 0 Å². The molecule has 0 saturated heterocycles. The van der Waals surface area contributed by atoms with Gasteiger partial charge in [-0.15, -0.1) is 0 Å². The highest BCUT2D eigenvalue weighted by atomic mass is 16.3. The molecule has 1 rings (SSSR count). The molecule has 0 unspecified atom stereocenters. The third-order valence-corrected chi connectivity index (χ3v) is 1.34. The zero-order chi connectivity index (χ0) is 11.4. The average Bonchev–Trinajstić information content (AvgIpc) is 2.23. The fourth-order valence-electron chi connectivity index (χ4n) is 0.732. The van der Waals surface area contributed by atoms with Gasteiger partial charge in [-0.1, -0.05) is 53.2 Å². The van der Waals surface area contributed by atoms with Crippen molar-refractivity contribution >= 4 is 0 Å². The van der Waals surface area contributed by atoms with Crippen LogP contribution in [0.2, 0.25) is 0 Å². The lowest BCUT2D eigenvalue weighted by Crippen LogP contribution is -1.75. The van der Waals surface area contributed by atoms with E-state index in [1.54, 1.807) is 12.1 Å². The Morgan fingerprint density at radius 1 is 0.929 bits per heavy atom. The van der Waals surface area contributed by atoms with Crippen LogP contribution < -0.4 is 0 Å². The quantitative estimate of drug-likeness (QED) is 0.706. The molecule has 82 valence electrons. The summed E-state index contributed by atoms with van der Waals surface area (Å²) in [5.74, 6) is 0.340. The molecule has 1 N–H and O–H groups in total. The molecule has 1 nitrogen and oxygen atoms in total. The van der Waals surface area contributed by atoms with Crippen molar-refractivity contribution in [2.75, 3.05) is 0 Å². The first-order chi connectivity index (χ1) is 6.74. The van der Waals surface area contributed by atoms with E-state index in [2.05, 4.69) is 20.8 Å². The Kier molecular flexibility index (Phi) is 13.3. The third kappa shape index (κ3) is 9.11. The maximum absolute atomic E-state index is 8.85. The number of phenolic OH excluding ortho intramolecular Hbond substituents is 1. The summed E-state index contributed by atoms with van der Waals surface area (Å²) in [4.78, 5) is 0. The van der Waals surface area contributed by atoms with Crippen molar-refractivity contribution in [2.45, 2.75) is 47.5 Å². The molecule has 0 atom stereocenters. The first-order valence-electron chi connectivity index (χ1n) is 5.52. The standard InChI is InChI=1S/C8H10O.C3H8.C2H6/c1-2-7-3-5-8(9)6-4-7;1-3-2;1-2/h3-6,9H,2H2,1H3;3H2,1-2H3;1-2H3. The summed E-state index contributed by atoms with van der Waals surface area (Å²) in [5, 5.41) is 8.85. The highest BCUT2D eigenvalue weighted by Gasteiger charge is 1.86. The first kappa shape index (κ1) is 15.5. The van der Waals surface area contributed by atoms with Crippen LogP contribution >= 0.6 is 0 Å². The van der Waals surface area contributed by atoms with Crippen LogP contribution in [0.25, 0.3) is 0 Å². The molecule has 1 aromatic rings. The largest absolute Gasteiger partial charge is 0.508 e. The fourth-order valence-corrected chi connectivity index (χ4v) is 0.732. The number of benzene rings is 1. The normalized spacial score (nSPS) is 7.79. The van der Waals surface area contributed by atoms with Crippen molar-refractivity contribution in [3.05, 3.63) is 29.8 Å². The Labute approximate surface area is 88.8 Å². The molecule has 0 spiro atoms. The monoisotopic (exact) mass is 196 g/mol. The van der Waals surface area contributed by atoms with Crippen LogP contribution in [0.3, 0.4) is 0 Å². The predicted molar refractivity (Wildman–Crippen MR) is 64.8 cm³/mol. The van der Waals surface area contributed by atoms with E-state index in [1.165, 1.54) is 12.0 Å². The summed E-state index contributed by atoms with van der Waals surface area (Å²) >= 11 is 0. The van der Waals surface area contributed by atoms with Crippen molar-refractivity contribution in [1.82, 2.24) is 0 Å². The summed E-state index contributed by atoms with van der Waals surface area (Å²) in [5.41, 5.74) is 1.26. The summed E-state index contributed by atoms with van der Waals surface area (Å²) in [7, 11) is 0. The molecule has 0 radical (unpaired) electrons. The molecular formula is C13H24O. The van der Waals surface area contributed by atoms with Crippen LogP contribution in [-0.4, -0.2) is 5.11 Å². The van der Waals surface area contributed by atoms with Gasteiger partial charge in [-0.2, -0.15) is 0 Å². The molecular weight excluding hydrogens is 172 g/mol. The SMILES string of the molecule is CC.CCC.CCc1ccc(O)cc1. The maximum atomic E-state index is 8.85. The van der Waals surface area contributed by atoms with Gasteiger partial charge in [0, 0.05) is 0 Å². The fraction of sp³-hybridized carbons (Fsp3) is 0.538. The second kappa shape index (κ2) is 12.0.